The first-order chi connectivity index (χ1) is 12.8. The molecular weight excluding hydrogens is 391 g/mol. The van der Waals surface area contributed by atoms with Crippen molar-refractivity contribution in [3.63, 3.8) is 0 Å². The minimum Gasteiger partial charge on any atom is -0.237 e. The second-order valence-electron chi connectivity index (χ2n) is 5.97. The van der Waals surface area contributed by atoms with Gasteiger partial charge in [0.2, 0.25) is 10.0 Å². The Balaban J connectivity index is 1.74. The van der Waals surface area contributed by atoms with Crippen molar-refractivity contribution >= 4 is 21.6 Å². The molecule has 0 saturated heterocycles. The van der Waals surface area contributed by atoms with E-state index in [9.17, 15) is 12.8 Å². The number of nitrogens with zero attached hydrogens (tertiary/aromatic N) is 3. The van der Waals surface area contributed by atoms with Crippen LogP contribution in [-0.2, 0) is 16.4 Å². The Bertz CT molecular complexity index is 1070. The molecule has 0 aliphatic rings. The predicted octanol–water partition coefficient (Wildman–Crippen LogP) is 3.20. The number of sulfonamides is 1. The van der Waals surface area contributed by atoms with Gasteiger partial charge in [-0.15, -0.1) is 0 Å². The van der Waals surface area contributed by atoms with Crippen molar-refractivity contribution in [3.05, 3.63) is 70.4 Å². The Kier molecular flexibility index (Phi) is 5.59. The van der Waals surface area contributed by atoms with Crippen LogP contribution in [0.1, 0.15) is 17.0 Å². The first kappa shape index (κ1) is 19.5. The fourth-order valence-electron chi connectivity index (χ4n) is 2.78. The average molecular weight is 409 g/mol. The van der Waals surface area contributed by atoms with E-state index in [4.69, 9.17) is 11.6 Å². The first-order valence-electron chi connectivity index (χ1n) is 8.21. The minimum absolute atomic E-state index is 0.0773. The van der Waals surface area contributed by atoms with E-state index in [-0.39, 0.29) is 16.5 Å². The van der Waals surface area contributed by atoms with Crippen molar-refractivity contribution in [1.82, 2.24) is 19.5 Å². The summed E-state index contributed by atoms with van der Waals surface area (Å²) in [5.74, 6) is 0.0367. The predicted molar refractivity (Wildman–Crippen MR) is 101 cm³/mol. The van der Waals surface area contributed by atoms with E-state index in [0.717, 1.165) is 29.1 Å². The highest BCUT2D eigenvalue weighted by Gasteiger charge is 2.17. The number of halogens is 2. The van der Waals surface area contributed by atoms with Gasteiger partial charge >= 0.3 is 0 Å². The van der Waals surface area contributed by atoms with E-state index in [2.05, 4.69) is 14.8 Å². The summed E-state index contributed by atoms with van der Waals surface area (Å²) in [6, 6.07) is 8.85. The number of aromatic nitrogens is 3. The van der Waals surface area contributed by atoms with Crippen LogP contribution < -0.4 is 4.72 Å². The summed E-state index contributed by atoms with van der Waals surface area (Å²) in [4.78, 5) is 4.21. The molecule has 9 heteroatoms. The number of rotatable bonds is 6. The smallest absolute Gasteiger partial charge is 0.237 e. The van der Waals surface area contributed by atoms with Gasteiger partial charge in [0.25, 0.3) is 0 Å². The molecule has 0 fully saturated rings. The van der Waals surface area contributed by atoms with Crippen molar-refractivity contribution < 1.29 is 12.8 Å². The topological polar surface area (TPSA) is 76.9 Å². The Morgan fingerprint density at radius 3 is 2.67 bits per heavy atom. The van der Waals surface area contributed by atoms with E-state index in [1.807, 2.05) is 32.0 Å². The minimum atomic E-state index is -3.78. The third-order valence-electron chi connectivity index (χ3n) is 4.18. The second kappa shape index (κ2) is 7.75. The highest BCUT2D eigenvalue weighted by atomic mass is 35.5. The number of nitrogens with one attached hydrogen (secondary N) is 1. The van der Waals surface area contributed by atoms with Crippen molar-refractivity contribution in [2.24, 2.45) is 0 Å². The summed E-state index contributed by atoms with van der Waals surface area (Å²) >= 11 is 5.67. The molecule has 0 aliphatic heterocycles. The molecule has 0 aliphatic carbocycles. The average Bonchev–Trinajstić information content (AvgIpc) is 2.92. The van der Waals surface area contributed by atoms with E-state index >= 15 is 0 Å². The standard InChI is InChI=1S/C18H18ClFN4O2S/c1-12-15(13(2)24(23-12)18-5-3-4-9-21-18)8-10-22-27(25,26)14-6-7-17(20)16(19)11-14/h3-7,9,11,22H,8,10H2,1-2H3. The van der Waals surface area contributed by atoms with Gasteiger partial charge in [-0.05, 0) is 56.2 Å². The third-order valence-corrected chi connectivity index (χ3v) is 5.92. The quantitative estimate of drug-likeness (QED) is 0.679. The van der Waals surface area contributed by atoms with E-state index < -0.39 is 15.8 Å². The van der Waals surface area contributed by atoms with Gasteiger partial charge in [-0.25, -0.2) is 27.2 Å². The zero-order valence-electron chi connectivity index (χ0n) is 14.8. The monoisotopic (exact) mass is 408 g/mol. The molecule has 2 heterocycles. The Hall–Kier alpha value is -2.29. The Morgan fingerprint density at radius 1 is 1.22 bits per heavy atom. The van der Waals surface area contributed by atoms with Gasteiger partial charge in [-0.2, -0.15) is 5.10 Å². The van der Waals surface area contributed by atoms with Crippen molar-refractivity contribution in [2.45, 2.75) is 25.2 Å². The van der Waals surface area contributed by atoms with Gasteiger partial charge in [0.1, 0.15) is 5.82 Å². The molecule has 0 atom stereocenters. The first-order valence-corrected chi connectivity index (χ1v) is 10.1. The number of hydrogen-bond acceptors (Lipinski definition) is 4. The lowest BCUT2D eigenvalue weighted by molar-refractivity contribution is 0.580. The van der Waals surface area contributed by atoms with Crippen LogP contribution in [0, 0.1) is 19.7 Å². The van der Waals surface area contributed by atoms with E-state index in [1.165, 1.54) is 6.07 Å². The molecule has 0 bridgehead atoms. The van der Waals surface area contributed by atoms with Gasteiger partial charge in [-0.1, -0.05) is 17.7 Å². The van der Waals surface area contributed by atoms with E-state index in [1.54, 1.807) is 10.9 Å². The molecule has 0 amide bonds. The summed E-state index contributed by atoms with van der Waals surface area (Å²) in [6.45, 7) is 3.96. The molecule has 3 aromatic rings. The van der Waals surface area contributed by atoms with Crippen LogP contribution in [0.4, 0.5) is 4.39 Å². The molecule has 0 radical (unpaired) electrons. The van der Waals surface area contributed by atoms with Gasteiger partial charge in [0, 0.05) is 18.4 Å². The molecule has 1 N–H and O–H groups in total. The largest absolute Gasteiger partial charge is 0.240 e. The van der Waals surface area contributed by atoms with Crippen LogP contribution in [0.3, 0.4) is 0 Å². The van der Waals surface area contributed by atoms with Gasteiger partial charge in [0.15, 0.2) is 5.82 Å². The van der Waals surface area contributed by atoms with Crippen molar-refractivity contribution in [1.29, 1.82) is 0 Å². The summed E-state index contributed by atoms with van der Waals surface area (Å²) in [5.41, 5.74) is 2.65. The van der Waals surface area contributed by atoms with Crippen molar-refractivity contribution in [2.75, 3.05) is 6.54 Å². The molecule has 0 spiro atoms. The Labute approximate surface area is 162 Å². The highest BCUT2D eigenvalue weighted by molar-refractivity contribution is 7.89. The zero-order valence-corrected chi connectivity index (χ0v) is 16.4. The molecule has 0 saturated carbocycles. The summed E-state index contributed by atoms with van der Waals surface area (Å²) in [5, 5.41) is 4.26. The lowest BCUT2D eigenvalue weighted by atomic mass is 10.1. The normalized spacial score (nSPS) is 11.7. The van der Waals surface area contributed by atoms with Crippen LogP contribution in [0.15, 0.2) is 47.5 Å². The molecule has 1 aromatic carbocycles. The van der Waals surface area contributed by atoms with Crippen LogP contribution in [0.5, 0.6) is 0 Å². The van der Waals surface area contributed by atoms with Crippen LogP contribution in [-0.4, -0.2) is 29.7 Å². The lowest BCUT2D eigenvalue weighted by Gasteiger charge is -2.08. The van der Waals surface area contributed by atoms with Gasteiger partial charge in [-0.3, -0.25) is 0 Å². The van der Waals surface area contributed by atoms with E-state index in [0.29, 0.717) is 12.2 Å². The Morgan fingerprint density at radius 2 is 2.00 bits per heavy atom. The highest BCUT2D eigenvalue weighted by Crippen LogP contribution is 2.20. The number of hydrogen-bond donors (Lipinski definition) is 1. The maximum atomic E-state index is 13.2. The summed E-state index contributed by atoms with van der Waals surface area (Å²) < 4.78 is 42.2. The lowest BCUT2D eigenvalue weighted by Crippen LogP contribution is -2.26. The number of pyridine rings is 1. The number of benzene rings is 1. The van der Waals surface area contributed by atoms with Gasteiger partial charge < -0.3 is 0 Å². The maximum Gasteiger partial charge on any atom is 0.240 e. The molecule has 27 heavy (non-hydrogen) atoms. The molecule has 3 rings (SSSR count). The number of aryl methyl sites for hydroxylation is 1. The fourth-order valence-corrected chi connectivity index (χ4v) is 4.08. The van der Waals surface area contributed by atoms with Crippen molar-refractivity contribution in [3.8, 4) is 5.82 Å². The molecule has 6 nitrogen and oxygen atoms in total. The van der Waals surface area contributed by atoms with Gasteiger partial charge in [0.05, 0.1) is 15.6 Å². The third kappa shape index (κ3) is 4.18. The molecule has 2 aromatic heterocycles. The molecule has 0 unspecified atom stereocenters. The van der Waals surface area contributed by atoms with Crippen LogP contribution in [0.25, 0.3) is 5.82 Å². The SMILES string of the molecule is Cc1nn(-c2ccccn2)c(C)c1CCNS(=O)(=O)c1ccc(F)c(Cl)c1. The molecular formula is C18H18ClFN4O2S. The second-order valence-corrected chi connectivity index (χ2v) is 8.15. The zero-order chi connectivity index (χ0) is 19.6. The molecule has 142 valence electrons. The van der Waals surface area contributed by atoms with Crippen LogP contribution >= 0.6 is 11.6 Å². The summed E-state index contributed by atoms with van der Waals surface area (Å²) in [7, 11) is -3.78. The summed E-state index contributed by atoms with van der Waals surface area (Å²) in [6.07, 6.45) is 2.14. The van der Waals surface area contributed by atoms with Crippen LogP contribution in [0.2, 0.25) is 5.02 Å². The maximum absolute atomic E-state index is 13.2. The fraction of sp³-hybridized carbons (Fsp3) is 0.222.